The van der Waals surface area contributed by atoms with E-state index < -0.39 is 0 Å². The van der Waals surface area contributed by atoms with Crippen LogP contribution in [0.2, 0.25) is 0 Å². The van der Waals surface area contributed by atoms with Crippen molar-refractivity contribution in [2.75, 3.05) is 18.4 Å². The molecular formula is C12H22N4. The van der Waals surface area contributed by atoms with Gasteiger partial charge in [0, 0.05) is 19.8 Å². The normalized spacial score (nSPS) is 25.6. The van der Waals surface area contributed by atoms with Gasteiger partial charge in [0.25, 0.3) is 0 Å². The maximum absolute atomic E-state index is 5.82. The number of nitrogens with one attached hydrogen (secondary N) is 1. The van der Waals surface area contributed by atoms with Gasteiger partial charge in [-0.25, -0.2) is 0 Å². The van der Waals surface area contributed by atoms with Crippen LogP contribution in [-0.4, -0.2) is 22.9 Å². The van der Waals surface area contributed by atoms with Gasteiger partial charge >= 0.3 is 0 Å². The summed E-state index contributed by atoms with van der Waals surface area (Å²) >= 11 is 0. The third-order valence-electron chi connectivity index (χ3n) is 3.64. The summed E-state index contributed by atoms with van der Waals surface area (Å²) in [5.74, 6) is 1.44. The molecule has 90 valence electrons. The molecule has 0 aromatic carbocycles. The van der Waals surface area contributed by atoms with Gasteiger partial charge in [0.15, 0.2) is 0 Å². The summed E-state index contributed by atoms with van der Waals surface area (Å²) in [6, 6.07) is 0. The molecule has 0 aliphatic heterocycles. The predicted molar refractivity (Wildman–Crippen MR) is 66.2 cm³/mol. The Morgan fingerprint density at radius 2 is 2.19 bits per heavy atom. The minimum Gasteiger partial charge on any atom is -0.382 e. The lowest BCUT2D eigenvalue weighted by molar-refractivity contribution is 0.255. The van der Waals surface area contributed by atoms with Gasteiger partial charge in [-0.05, 0) is 31.2 Å². The zero-order chi connectivity index (χ0) is 11.4. The van der Waals surface area contributed by atoms with Crippen molar-refractivity contribution in [2.24, 2.45) is 24.6 Å². The van der Waals surface area contributed by atoms with E-state index in [9.17, 15) is 0 Å². The van der Waals surface area contributed by atoms with Crippen molar-refractivity contribution in [1.82, 2.24) is 9.78 Å². The molecule has 4 heteroatoms. The molecular weight excluding hydrogens is 200 g/mol. The van der Waals surface area contributed by atoms with Crippen LogP contribution in [0.4, 0.5) is 5.69 Å². The molecule has 0 saturated heterocycles. The molecule has 1 heterocycles. The fraction of sp³-hybridized carbons (Fsp3) is 0.750. The van der Waals surface area contributed by atoms with Crippen LogP contribution in [0.1, 0.15) is 25.7 Å². The number of hydrogen-bond donors (Lipinski definition) is 2. The molecule has 1 aromatic heterocycles. The predicted octanol–water partition coefficient (Wildman–Crippen LogP) is 1.60. The molecule has 2 rings (SSSR count). The molecule has 2 unspecified atom stereocenters. The molecule has 0 amide bonds. The van der Waals surface area contributed by atoms with E-state index in [1.807, 2.05) is 24.1 Å². The maximum atomic E-state index is 5.82. The van der Waals surface area contributed by atoms with Gasteiger partial charge in [0.05, 0.1) is 11.9 Å². The van der Waals surface area contributed by atoms with Crippen LogP contribution < -0.4 is 11.1 Å². The summed E-state index contributed by atoms with van der Waals surface area (Å²) in [6.07, 6.45) is 9.21. The standard InChI is InChI=1S/C12H22N4/c1-16-9-12(8-15-16)14-7-11-5-3-2-4-10(11)6-13/h8-11,14H,2-7,13H2,1H3. The third kappa shape index (κ3) is 2.76. The molecule has 4 nitrogen and oxygen atoms in total. The first-order valence-corrected chi connectivity index (χ1v) is 6.22. The number of rotatable bonds is 4. The second-order valence-electron chi connectivity index (χ2n) is 4.82. The minimum atomic E-state index is 0.706. The van der Waals surface area contributed by atoms with Crippen molar-refractivity contribution < 1.29 is 0 Å². The summed E-state index contributed by atoms with van der Waals surface area (Å²) in [5.41, 5.74) is 6.94. The summed E-state index contributed by atoms with van der Waals surface area (Å²) in [6.45, 7) is 1.87. The lowest BCUT2D eigenvalue weighted by Crippen LogP contribution is -2.31. The number of aryl methyl sites for hydroxylation is 1. The van der Waals surface area contributed by atoms with Gasteiger partial charge in [-0.3, -0.25) is 4.68 Å². The number of hydrogen-bond acceptors (Lipinski definition) is 3. The molecule has 1 aliphatic carbocycles. The first-order chi connectivity index (χ1) is 7.79. The number of nitrogens with zero attached hydrogens (tertiary/aromatic N) is 2. The molecule has 1 saturated carbocycles. The fourth-order valence-corrected chi connectivity index (χ4v) is 2.62. The SMILES string of the molecule is Cn1cc(NCC2CCCCC2CN)cn1. The number of aromatic nitrogens is 2. The summed E-state index contributed by atoms with van der Waals surface area (Å²) in [5, 5.41) is 7.61. The Balaban J connectivity index is 1.84. The van der Waals surface area contributed by atoms with E-state index in [4.69, 9.17) is 5.73 Å². The van der Waals surface area contributed by atoms with E-state index in [0.29, 0.717) is 5.92 Å². The quantitative estimate of drug-likeness (QED) is 0.813. The molecule has 3 N–H and O–H groups in total. The number of nitrogens with two attached hydrogens (primary N) is 1. The largest absolute Gasteiger partial charge is 0.382 e. The second kappa shape index (κ2) is 5.34. The first-order valence-electron chi connectivity index (χ1n) is 6.22. The van der Waals surface area contributed by atoms with Crippen LogP contribution in [0.5, 0.6) is 0 Å². The Morgan fingerprint density at radius 3 is 2.81 bits per heavy atom. The van der Waals surface area contributed by atoms with E-state index in [-0.39, 0.29) is 0 Å². The summed E-state index contributed by atoms with van der Waals surface area (Å²) in [7, 11) is 1.94. The fourth-order valence-electron chi connectivity index (χ4n) is 2.62. The van der Waals surface area contributed by atoms with Gasteiger partial charge in [-0.2, -0.15) is 5.10 Å². The van der Waals surface area contributed by atoms with Gasteiger partial charge in [0.2, 0.25) is 0 Å². The Hall–Kier alpha value is -1.03. The Bertz CT molecular complexity index is 321. The molecule has 16 heavy (non-hydrogen) atoms. The van der Waals surface area contributed by atoms with Crippen LogP contribution in [0, 0.1) is 11.8 Å². The van der Waals surface area contributed by atoms with Crippen molar-refractivity contribution in [3.05, 3.63) is 12.4 Å². The monoisotopic (exact) mass is 222 g/mol. The zero-order valence-electron chi connectivity index (χ0n) is 10.0. The average molecular weight is 222 g/mol. The minimum absolute atomic E-state index is 0.706. The Morgan fingerprint density at radius 1 is 1.44 bits per heavy atom. The zero-order valence-corrected chi connectivity index (χ0v) is 10.0. The second-order valence-corrected chi connectivity index (χ2v) is 4.82. The van der Waals surface area contributed by atoms with Gasteiger partial charge in [0.1, 0.15) is 0 Å². The van der Waals surface area contributed by atoms with E-state index >= 15 is 0 Å². The summed E-state index contributed by atoms with van der Waals surface area (Å²) < 4.78 is 1.82. The van der Waals surface area contributed by atoms with Crippen LogP contribution in [0.15, 0.2) is 12.4 Å². The molecule has 1 aromatic rings. The van der Waals surface area contributed by atoms with Crippen molar-refractivity contribution >= 4 is 5.69 Å². The molecule has 0 radical (unpaired) electrons. The van der Waals surface area contributed by atoms with E-state index in [0.717, 1.165) is 24.7 Å². The van der Waals surface area contributed by atoms with Crippen LogP contribution in [-0.2, 0) is 7.05 Å². The topological polar surface area (TPSA) is 55.9 Å². The van der Waals surface area contributed by atoms with E-state index in [1.165, 1.54) is 25.7 Å². The lowest BCUT2D eigenvalue weighted by atomic mass is 9.79. The van der Waals surface area contributed by atoms with Crippen molar-refractivity contribution in [3.63, 3.8) is 0 Å². The highest BCUT2D eigenvalue weighted by Crippen LogP contribution is 2.29. The van der Waals surface area contributed by atoms with Crippen LogP contribution in [0.3, 0.4) is 0 Å². The number of anilines is 1. The highest BCUT2D eigenvalue weighted by Gasteiger charge is 2.23. The first kappa shape index (κ1) is 11.5. The highest BCUT2D eigenvalue weighted by atomic mass is 15.3. The third-order valence-corrected chi connectivity index (χ3v) is 3.64. The van der Waals surface area contributed by atoms with E-state index in [1.54, 1.807) is 0 Å². The Labute approximate surface area is 97.2 Å². The highest BCUT2D eigenvalue weighted by molar-refractivity contribution is 5.37. The summed E-state index contributed by atoms with van der Waals surface area (Å²) in [4.78, 5) is 0. The van der Waals surface area contributed by atoms with E-state index in [2.05, 4.69) is 10.4 Å². The van der Waals surface area contributed by atoms with Gasteiger partial charge < -0.3 is 11.1 Å². The molecule has 0 bridgehead atoms. The molecule has 1 aliphatic rings. The van der Waals surface area contributed by atoms with Crippen LogP contribution >= 0.6 is 0 Å². The average Bonchev–Trinajstić information content (AvgIpc) is 2.73. The smallest absolute Gasteiger partial charge is 0.0726 e. The molecule has 0 spiro atoms. The van der Waals surface area contributed by atoms with Crippen molar-refractivity contribution in [3.8, 4) is 0 Å². The lowest BCUT2D eigenvalue weighted by Gasteiger charge is -2.30. The van der Waals surface area contributed by atoms with Crippen molar-refractivity contribution in [1.29, 1.82) is 0 Å². The molecule has 2 atom stereocenters. The molecule has 1 fully saturated rings. The van der Waals surface area contributed by atoms with Gasteiger partial charge in [-0.1, -0.05) is 12.8 Å². The maximum Gasteiger partial charge on any atom is 0.0726 e. The Kier molecular flexibility index (Phi) is 3.83. The van der Waals surface area contributed by atoms with Gasteiger partial charge in [-0.15, -0.1) is 0 Å². The van der Waals surface area contributed by atoms with Crippen LogP contribution in [0.25, 0.3) is 0 Å². The van der Waals surface area contributed by atoms with Crippen molar-refractivity contribution in [2.45, 2.75) is 25.7 Å².